The summed E-state index contributed by atoms with van der Waals surface area (Å²) in [5.41, 5.74) is 7.62. The van der Waals surface area contributed by atoms with Gasteiger partial charge in [0.25, 0.3) is 5.91 Å². The number of nitrogens with two attached hydrogens (primary N) is 1. The number of piperazine rings is 1. The second kappa shape index (κ2) is 5.17. The molecule has 0 radical (unpaired) electrons. The van der Waals surface area contributed by atoms with Crippen LogP contribution in [0.15, 0.2) is 18.2 Å². The molecule has 102 valence electrons. The van der Waals surface area contributed by atoms with Gasteiger partial charge in [-0.1, -0.05) is 0 Å². The predicted molar refractivity (Wildman–Crippen MR) is 74.1 cm³/mol. The number of anilines is 2. The Bertz CT molecular complexity index is 513. The molecule has 0 bridgehead atoms. The van der Waals surface area contributed by atoms with E-state index in [0.29, 0.717) is 24.3 Å². The average molecular weight is 262 g/mol. The van der Waals surface area contributed by atoms with E-state index in [1.54, 1.807) is 17.0 Å². The third-order valence-electron chi connectivity index (χ3n) is 3.06. The van der Waals surface area contributed by atoms with Crippen molar-refractivity contribution in [2.24, 2.45) is 0 Å². The van der Waals surface area contributed by atoms with Crippen molar-refractivity contribution in [3.05, 3.63) is 23.8 Å². The summed E-state index contributed by atoms with van der Waals surface area (Å²) >= 11 is 0. The quantitative estimate of drug-likeness (QED) is 0.730. The Hall–Kier alpha value is -2.24. The fourth-order valence-corrected chi connectivity index (χ4v) is 2.10. The number of hydrogen-bond donors (Lipinski definition) is 2. The van der Waals surface area contributed by atoms with Gasteiger partial charge in [-0.2, -0.15) is 0 Å². The van der Waals surface area contributed by atoms with Crippen molar-refractivity contribution in [1.82, 2.24) is 10.2 Å². The molecule has 0 aliphatic carbocycles. The molecule has 6 nitrogen and oxygen atoms in total. The lowest BCUT2D eigenvalue weighted by Gasteiger charge is -2.28. The molecule has 1 saturated heterocycles. The van der Waals surface area contributed by atoms with Crippen molar-refractivity contribution in [3.63, 3.8) is 0 Å². The van der Waals surface area contributed by atoms with E-state index in [-0.39, 0.29) is 18.4 Å². The van der Waals surface area contributed by atoms with Crippen molar-refractivity contribution in [2.45, 2.75) is 0 Å². The number of nitrogen functional groups attached to an aromatic ring is 1. The van der Waals surface area contributed by atoms with E-state index in [1.165, 1.54) is 0 Å². The molecule has 3 N–H and O–H groups in total. The standard InChI is InChI=1S/C13H18N4O2/c1-16(2)11-4-3-9(14)7-10(11)13(19)17-6-5-15-12(18)8-17/h3-4,7H,5-6,8,14H2,1-2H3,(H,15,18). The van der Waals surface area contributed by atoms with Gasteiger partial charge in [-0.15, -0.1) is 0 Å². The first kappa shape index (κ1) is 13.2. The minimum Gasteiger partial charge on any atom is -0.399 e. The number of nitrogens with one attached hydrogen (secondary N) is 1. The van der Waals surface area contributed by atoms with Crippen LogP contribution in [0, 0.1) is 0 Å². The molecule has 1 fully saturated rings. The maximum absolute atomic E-state index is 12.5. The van der Waals surface area contributed by atoms with Crippen LogP contribution < -0.4 is 16.0 Å². The van der Waals surface area contributed by atoms with Crippen LogP contribution in [0.3, 0.4) is 0 Å². The van der Waals surface area contributed by atoms with Gasteiger partial charge in [0, 0.05) is 38.6 Å². The second-order valence-electron chi connectivity index (χ2n) is 4.75. The van der Waals surface area contributed by atoms with Gasteiger partial charge in [0.05, 0.1) is 12.1 Å². The van der Waals surface area contributed by atoms with Crippen molar-refractivity contribution < 1.29 is 9.59 Å². The second-order valence-corrected chi connectivity index (χ2v) is 4.75. The van der Waals surface area contributed by atoms with Crippen molar-refractivity contribution in [3.8, 4) is 0 Å². The smallest absolute Gasteiger partial charge is 0.256 e. The summed E-state index contributed by atoms with van der Waals surface area (Å²) < 4.78 is 0. The Balaban J connectivity index is 2.32. The van der Waals surface area contributed by atoms with Gasteiger partial charge >= 0.3 is 0 Å². The summed E-state index contributed by atoms with van der Waals surface area (Å²) in [6.07, 6.45) is 0. The summed E-state index contributed by atoms with van der Waals surface area (Å²) in [4.78, 5) is 27.2. The van der Waals surface area contributed by atoms with Gasteiger partial charge in [0.1, 0.15) is 0 Å². The number of carbonyl (C=O) groups is 2. The number of nitrogens with zero attached hydrogens (tertiary/aromatic N) is 2. The van der Waals surface area contributed by atoms with E-state index >= 15 is 0 Å². The third kappa shape index (κ3) is 2.78. The van der Waals surface area contributed by atoms with E-state index in [0.717, 1.165) is 5.69 Å². The number of amides is 2. The zero-order chi connectivity index (χ0) is 14.0. The molecule has 1 aliphatic heterocycles. The molecular formula is C13H18N4O2. The first-order valence-electron chi connectivity index (χ1n) is 6.12. The van der Waals surface area contributed by atoms with Crippen LogP contribution in [0.1, 0.15) is 10.4 Å². The monoisotopic (exact) mass is 262 g/mol. The predicted octanol–water partition coefficient (Wildman–Crippen LogP) is -0.0932. The minimum absolute atomic E-state index is 0.0977. The fourth-order valence-electron chi connectivity index (χ4n) is 2.10. The van der Waals surface area contributed by atoms with E-state index in [9.17, 15) is 9.59 Å². The highest BCUT2D eigenvalue weighted by Gasteiger charge is 2.24. The molecule has 0 atom stereocenters. The van der Waals surface area contributed by atoms with Crippen molar-refractivity contribution >= 4 is 23.2 Å². The highest BCUT2D eigenvalue weighted by molar-refractivity contribution is 6.02. The topological polar surface area (TPSA) is 78.7 Å². The summed E-state index contributed by atoms with van der Waals surface area (Å²) in [6.45, 7) is 1.11. The maximum Gasteiger partial charge on any atom is 0.256 e. The molecule has 0 aromatic heterocycles. The first-order chi connectivity index (χ1) is 8.99. The van der Waals surface area contributed by atoms with Crippen LogP contribution in [-0.4, -0.2) is 50.4 Å². The molecule has 0 spiro atoms. The number of hydrogen-bond acceptors (Lipinski definition) is 4. The van der Waals surface area contributed by atoms with Gasteiger partial charge < -0.3 is 20.9 Å². The van der Waals surface area contributed by atoms with E-state index in [2.05, 4.69) is 5.32 Å². The van der Waals surface area contributed by atoms with E-state index < -0.39 is 0 Å². The molecule has 1 aromatic carbocycles. The Morgan fingerprint density at radius 2 is 2.16 bits per heavy atom. The highest BCUT2D eigenvalue weighted by Crippen LogP contribution is 2.23. The average Bonchev–Trinajstić information content (AvgIpc) is 2.37. The molecule has 1 aromatic rings. The zero-order valence-corrected chi connectivity index (χ0v) is 11.1. The first-order valence-corrected chi connectivity index (χ1v) is 6.12. The van der Waals surface area contributed by atoms with Crippen LogP contribution in [0.2, 0.25) is 0 Å². The molecular weight excluding hydrogens is 244 g/mol. The van der Waals surface area contributed by atoms with Gasteiger partial charge in [0.15, 0.2) is 0 Å². The molecule has 0 unspecified atom stereocenters. The van der Waals surface area contributed by atoms with Crippen LogP contribution in [0.5, 0.6) is 0 Å². The zero-order valence-electron chi connectivity index (χ0n) is 11.1. The van der Waals surface area contributed by atoms with Gasteiger partial charge in [-0.05, 0) is 18.2 Å². The molecule has 1 aliphatic rings. The Morgan fingerprint density at radius 1 is 1.42 bits per heavy atom. The van der Waals surface area contributed by atoms with E-state index in [1.807, 2.05) is 25.1 Å². The molecule has 2 amide bonds. The molecule has 6 heteroatoms. The van der Waals surface area contributed by atoms with Gasteiger partial charge in [-0.3, -0.25) is 9.59 Å². The van der Waals surface area contributed by atoms with Crippen LogP contribution in [0.25, 0.3) is 0 Å². The number of benzene rings is 1. The van der Waals surface area contributed by atoms with Gasteiger partial charge in [-0.25, -0.2) is 0 Å². The minimum atomic E-state index is -0.161. The summed E-state index contributed by atoms with van der Waals surface area (Å²) in [5, 5.41) is 2.70. The lowest BCUT2D eigenvalue weighted by Crippen LogP contribution is -2.50. The van der Waals surface area contributed by atoms with Crippen molar-refractivity contribution in [1.29, 1.82) is 0 Å². The molecule has 1 heterocycles. The normalized spacial score (nSPS) is 15.1. The van der Waals surface area contributed by atoms with Gasteiger partial charge in [0.2, 0.25) is 5.91 Å². The third-order valence-corrected chi connectivity index (χ3v) is 3.06. The Morgan fingerprint density at radius 3 is 2.79 bits per heavy atom. The van der Waals surface area contributed by atoms with Crippen LogP contribution in [-0.2, 0) is 4.79 Å². The Labute approximate surface area is 112 Å². The lowest BCUT2D eigenvalue weighted by molar-refractivity contribution is -0.123. The summed E-state index contributed by atoms with van der Waals surface area (Å²) in [5.74, 6) is -0.291. The van der Waals surface area contributed by atoms with Crippen LogP contribution >= 0.6 is 0 Å². The molecule has 2 rings (SSSR count). The number of carbonyl (C=O) groups excluding carboxylic acids is 2. The lowest BCUT2D eigenvalue weighted by atomic mass is 10.1. The largest absolute Gasteiger partial charge is 0.399 e. The number of rotatable bonds is 2. The maximum atomic E-state index is 12.5. The highest BCUT2D eigenvalue weighted by atomic mass is 16.2. The summed E-state index contributed by atoms with van der Waals surface area (Å²) in [6, 6.07) is 5.23. The Kier molecular flexibility index (Phi) is 3.59. The van der Waals surface area contributed by atoms with Crippen LogP contribution in [0.4, 0.5) is 11.4 Å². The SMILES string of the molecule is CN(C)c1ccc(N)cc1C(=O)N1CCNC(=O)C1. The molecule has 0 saturated carbocycles. The summed E-state index contributed by atoms with van der Waals surface area (Å²) in [7, 11) is 3.73. The fraction of sp³-hybridized carbons (Fsp3) is 0.385. The molecule has 19 heavy (non-hydrogen) atoms. The van der Waals surface area contributed by atoms with E-state index in [4.69, 9.17) is 5.73 Å². The van der Waals surface area contributed by atoms with Crippen molar-refractivity contribution in [2.75, 3.05) is 44.4 Å².